The molecule has 2 heterocycles. The number of nitrogens with zero attached hydrogens (tertiary/aromatic N) is 2. The van der Waals surface area contributed by atoms with E-state index >= 15 is 0 Å². The highest BCUT2D eigenvalue weighted by Crippen LogP contribution is 2.09. The van der Waals surface area contributed by atoms with Crippen molar-refractivity contribution in [3.8, 4) is 0 Å². The SMILES string of the molecule is Cc1csc(Cn2cc(F)ccc2=O)n1. The van der Waals surface area contributed by atoms with Crippen molar-refractivity contribution >= 4 is 11.3 Å². The van der Waals surface area contributed by atoms with Gasteiger partial charge in [-0.05, 0) is 13.0 Å². The van der Waals surface area contributed by atoms with Crippen molar-refractivity contribution in [2.75, 3.05) is 0 Å². The molecule has 0 atom stereocenters. The zero-order valence-corrected chi connectivity index (χ0v) is 8.92. The molecule has 78 valence electrons. The second kappa shape index (κ2) is 3.94. The highest BCUT2D eigenvalue weighted by atomic mass is 32.1. The van der Waals surface area contributed by atoms with E-state index in [9.17, 15) is 9.18 Å². The fourth-order valence-electron chi connectivity index (χ4n) is 1.25. The van der Waals surface area contributed by atoms with E-state index in [0.717, 1.165) is 16.8 Å². The quantitative estimate of drug-likeness (QED) is 0.779. The van der Waals surface area contributed by atoms with Gasteiger partial charge in [0.2, 0.25) is 0 Å². The number of hydrogen-bond acceptors (Lipinski definition) is 3. The van der Waals surface area contributed by atoms with Crippen molar-refractivity contribution in [2.45, 2.75) is 13.5 Å². The van der Waals surface area contributed by atoms with Crippen LogP contribution in [0.5, 0.6) is 0 Å². The topological polar surface area (TPSA) is 34.9 Å². The lowest BCUT2D eigenvalue weighted by Gasteiger charge is -2.01. The Bertz CT molecular complexity index is 532. The van der Waals surface area contributed by atoms with Crippen LogP contribution in [-0.4, -0.2) is 9.55 Å². The van der Waals surface area contributed by atoms with Gasteiger partial charge in [0.05, 0.1) is 6.54 Å². The van der Waals surface area contributed by atoms with Crippen LogP contribution in [0.15, 0.2) is 28.5 Å². The predicted octanol–water partition coefficient (Wildman–Crippen LogP) is 1.80. The number of rotatable bonds is 2. The Hall–Kier alpha value is -1.49. The summed E-state index contributed by atoms with van der Waals surface area (Å²) in [4.78, 5) is 15.6. The standard InChI is InChI=1S/C10H9FN2OS/c1-7-6-15-9(12-7)5-13-4-8(11)2-3-10(13)14/h2-4,6H,5H2,1H3. The van der Waals surface area contributed by atoms with Crippen LogP contribution in [0.4, 0.5) is 4.39 Å². The Morgan fingerprint density at radius 3 is 3.00 bits per heavy atom. The molecule has 0 aliphatic rings. The van der Waals surface area contributed by atoms with Crippen molar-refractivity contribution < 1.29 is 4.39 Å². The van der Waals surface area contributed by atoms with Crippen LogP contribution in [0.2, 0.25) is 0 Å². The summed E-state index contributed by atoms with van der Waals surface area (Å²) in [5.74, 6) is -0.414. The molecular weight excluding hydrogens is 215 g/mol. The molecule has 0 fully saturated rings. The minimum absolute atomic E-state index is 0.218. The monoisotopic (exact) mass is 224 g/mol. The molecule has 0 aliphatic carbocycles. The Morgan fingerprint density at radius 2 is 2.33 bits per heavy atom. The first-order valence-electron chi connectivity index (χ1n) is 4.42. The molecule has 0 bridgehead atoms. The molecule has 0 saturated carbocycles. The number of hydrogen-bond donors (Lipinski definition) is 0. The molecule has 2 rings (SSSR count). The van der Waals surface area contributed by atoms with Crippen LogP contribution in [-0.2, 0) is 6.54 Å². The molecule has 0 unspecified atom stereocenters. The predicted molar refractivity (Wildman–Crippen MR) is 56.6 cm³/mol. The maximum Gasteiger partial charge on any atom is 0.251 e. The fraction of sp³-hybridized carbons (Fsp3) is 0.200. The summed E-state index contributed by atoms with van der Waals surface area (Å²) in [7, 11) is 0. The van der Waals surface area contributed by atoms with E-state index in [0.29, 0.717) is 6.54 Å². The smallest absolute Gasteiger partial charge is 0.251 e. The summed E-state index contributed by atoms with van der Waals surface area (Å²) < 4.78 is 14.2. The normalized spacial score (nSPS) is 10.5. The van der Waals surface area contributed by atoms with Gasteiger partial charge in [-0.2, -0.15) is 0 Å². The average molecular weight is 224 g/mol. The van der Waals surface area contributed by atoms with Crippen LogP contribution in [0.1, 0.15) is 10.7 Å². The van der Waals surface area contributed by atoms with Gasteiger partial charge < -0.3 is 4.57 Å². The third-order valence-corrected chi connectivity index (χ3v) is 2.87. The summed E-state index contributed by atoms with van der Waals surface area (Å²) in [5.41, 5.74) is 0.698. The molecule has 0 radical (unpaired) electrons. The number of halogens is 1. The number of thiazole rings is 1. The molecule has 2 aromatic heterocycles. The van der Waals surface area contributed by atoms with E-state index in [1.165, 1.54) is 28.2 Å². The van der Waals surface area contributed by atoms with E-state index in [2.05, 4.69) is 4.98 Å². The molecule has 0 amide bonds. The maximum atomic E-state index is 12.9. The van der Waals surface area contributed by atoms with Crippen LogP contribution >= 0.6 is 11.3 Å². The van der Waals surface area contributed by atoms with E-state index in [1.54, 1.807) is 0 Å². The first kappa shape index (κ1) is 10.0. The fourth-order valence-corrected chi connectivity index (χ4v) is 2.02. The second-order valence-electron chi connectivity index (χ2n) is 3.20. The molecule has 2 aromatic rings. The van der Waals surface area contributed by atoms with Gasteiger partial charge in [0.25, 0.3) is 5.56 Å². The summed E-state index contributed by atoms with van der Waals surface area (Å²) in [6.07, 6.45) is 1.19. The van der Waals surface area contributed by atoms with Gasteiger partial charge in [0, 0.05) is 23.3 Å². The van der Waals surface area contributed by atoms with Crippen molar-refractivity contribution in [3.05, 3.63) is 50.6 Å². The number of pyridine rings is 1. The molecule has 15 heavy (non-hydrogen) atoms. The van der Waals surface area contributed by atoms with Gasteiger partial charge in [-0.3, -0.25) is 4.79 Å². The van der Waals surface area contributed by atoms with Crippen molar-refractivity contribution in [3.63, 3.8) is 0 Å². The Morgan fingerprint density at radius 1 is 1.53 bits per heavy atom. The Balaban J connectivity index is 2.31. The highest BCUT2D eigenvalue weighted by molar-refractivity contribution is 7.09. The third-order valence-electron chi connectivity index (χ3n) is 1.92. The highest BCUT2D eigenvalue weighted by Gasteiger charge is 2.02. The molecule has 0 saturated heterocycles. The zero-order chi connectivity index (χ0) is 10.8. The maximum absolute atomic E-state index is 12.9. The largest absolute Gasteiger partial charge is 0.306 e. The van der Waals surface area contributed by atoms with Gasteiger partial charge in [-0.1, -0.05) is 0 Å². The Labute approximate surface area is 89.8 Å². The first-order chi connectivity index (χ1) is 7.15. The first-order valence-corrected chi connectivity index (χ1v) is 5.30. The number of aromatic nitrogens is 2. The van der Waals surface area contributed by atoms with Crippen molar-refractivity contribution in [1.82, 2.24) is 9.55 Å². The lowest BCUT2D eigenvalue weighted by molar-refractivity contribution is 0.595. The van der Waals surface area contributed by atoms with E-state index in [1.807, 2.05) is 12.3 Å². The van der Waals surface area contributed by atoms with E-state index in [4.69, 9.17) is 0 Å². The van der Waals surface area contributed by atoms with Crippen LogP contribution in [0.3, 0.4) is 0 Å². The van der Waals surface area contributed by atoms with E-state index in [-0.39, 0.29) is 5.56 Å². The van der Waals surface area contributed by atoms with Crippen molar-refractivity contribution in [2.24, 2.45) is 0 Å². The number of aryl methyl sites for hydroxylation is 1. The molecule has 0 N–H and O–H groups in total. The lowest BCUT2D eigenvalue weighted by atomic mass is 10.4. The Kier molecular flexibility index (Phi) is 2.64. The van der Waals surface area contributed by atoms with Gasteiger partial charge in [0.15, 0.2) is 0 Å². The van der Waals surface area contributed by atoms with Gasteiger partial charge >= 0.3 is 0 Å². The molecule has 3 nitrogen and oxygen atoms in total. The van der Waals surface area contributed by atoms with Crippen LogP contribution < -0.4 is 5.56 Å². The summed E-state index contributed by atoms with van der Waals surface area (Å²) in [5, 5.41) is 2.71. The molecule has 0 spiro atoms. The molecular formula is C10H9FN2OS. The molecule has 5 heteroatoms. The van der Waals surface area contributed by atoms with Crippen LogP contribution in [0.25, 0.3) is 0 Å². The van der Waals surface area contributed by atoms with Gasteiger partial charge in [-0.15, -0.1) is 11.3 Å². The minimum atomic E-state index is -0.414. The van der Waals surface area contributed by atoms with E-state index < -0.39 is 5.82 Å². The van der Waals surface area contributed by atoms with Gasteiger partial charge in [0.1, 0.15) is 10.8 Å². The average Bonchev–Trinajstić information content (AvgIpc) is 2.58. The zero-order valence-electron chi connectivity index (χ0n) is 8.11. The van der Waals surface area contributed by atoms with Crippen molar-refractivity contribution in [1.29, 1.82) is 0 Å². The third kappa shape index (κ3) is 2.30. The lowest BCUT2D eigenvalue weighted by Crippen LogP contribution is -2.19. The molecule has 0 aromatic carbocycles. The summed E-state index contributed by atoms with van der Waals surface area (Å²) >= 11 is 1.47. The van der Waals surface area contributed by atoms with Gasteiger partial charge in [-0.25, -0.2) is 9.37 Å². The summed E-state index contributed by atoms with van der Waals surface area (Å²) in [6, 6.07) is 2.38. The summed E-state index contributed by atoms with van der Waals surface area (Å²) in [6.45, 7) is 2.21. The second-order valence-corrected chi connectivity index (χ2v) is 4.14. The minimum Gasteiger partial charge on any atom is -0.306 e. The van der Waals surface area contributed by atoms with Crippen LogP contribution in [0, 0.1) is 12.7 Å². The molecule has 0 aliphatic heterocycles.